The van der Waals surface area contributed by atoms with E-state index in [0.29, 0.717) is 45.6 Å². The average molecular weight is 1240 g/mol. The van der Waals surface area contributed by atoms with E-state index in [9.17, 15) is 48.9 Å². The van der Waals surface area contributed by atoms with Crippen LogP contribution in [-0.2, 0) is 0 Å². The molecule has 0 atom stereocenters. The number of aromatic nitrogens is 12. The zero-order chi connectivity index (χ0) is 66.0. The van der Waals surface area contributed by atoms with Gasteiger partial charge in [-0.3, -0.25) is 39.9 Å². The fraction of sp³-hybridized carbons (Fsp3) is 0. The standard InChI is InChI=1S/C18H11N3O6.C17H11N3O4.2C16H11N3O2/c22-16(23)9-1-3-19-12(5-9)14-7-11(18(26)27)8-15(21-14)13-6-10(17(24)25)2-4-20-13;21-16(22)10-4-6-19-13(7-10)15-9-11(17(23)24)8-14(20-15)12-3-1-2-5-18-12;20-16(21)11-9-14(12-5-1-3-7-17-12)19-15(10-11)13-6-2-4-8-18-13;20-16(21)11-7-9-18-15(10-11)14-6-3-5-13(19-14)12-4-1-2-8-17-12/h1-8H,(H,22,23)(H,24,25)(H,26,27);1-9H,(H,21,22)(H,23,24);2*1-10H,(H,20,21). The summed E-state index contributed by atoms with van der Waals surface area (Å²) in [4.78, 5) is 129. The van der Waals surface area contributed by atoms with Crippen molar-refractivity contribution in [2.24, 2.45) is 0 Å². The van der Waals surface area contributed by atoms with Gasteiger partial charge in [0, 0.05) is 49.6 Å². The summed E-state index contributed by atoms with van der Waals surface area (Å²) in [6.07, 6.45) is 11.9. The van der Waals surface area contributed by atoms with E-state index in [1.54, 1.807) is 73.3 Å². The predicted molar refractivity (Wildman–Crippen MR) is 332 cm³/mol. The minimum absolute atomic E-state index is 0.0168. The molecule has 0 amide bonds. The summed E-state index contributed by atoms with van der Waals surface area (Å²) >= 11 is 0. The minimum atomic E-state index is -1.23. The van der Waals surface area contributed by atoms with Crippen molar-refractivity contribution in [1.29, 1.82) is 0 Å². The van der Waals surface area contributed by atoms with Gasteiger partial charge in [0.15, 0.2) is 0 Å². The van der Waals surface area contributed by atoms with Crippen molar-refractivity contribution in [3.8, 4) is 91.1 Å². The molecule has 0 bridgehead atoms. The Bertz CT molecular complexity index is 4630. The molecule has 12 aromatic heterocycles. The van der Waals surface area contributed by atoms with Gasteiger partial charge in [-0.1, -0.05) is 30.3 Å². The number of carbonyl (C=O) groups is 7. The van der Waals surface area contributed by atoms with Gasteiger partial charge in [-0.25, -0.2) is 53.5 Å². The van der Waals surface area contributed by atoms with E-state index in [1.807, 2.05) is 42.5 Å². The molecule has 12 aromatic rings. The van der Waals surface area contributed by atoms with Gasteiger partial charge in [0.25, 0.3) is 0 Å². The highest BCUT2D eigenvalue weighted by atomic mass is 16.4. The van der Waals surface area contributed by atoms with Crippen LogP contribution >= 0.6 is 0 Å². The molecule has 0 aliphatic heterocycles. The summed E-state index contributed by atoms with van der Waals surface area (Å²) < 4.78 is 0. The molecular formula is C67H44N12O14. The van der Waals surface area contributed by atoms with Gasteiger partial charge in [0.1, 0.15) is 0 Å². The van der Waals surface area contributed by atoms with Crippen LogP contribution in [0.4, 0.5) is 0 Å². The first-order valence-corrected chi connectivity index (χ1v) is 27.0. The first-order chi connectivity index (χ1) is 44.9. The topological polar surface area (TPSA) is 416 Å². The second kappa shape index (κ2) is 29.7. The van der Waals surface area contributed by atoms with Crippen LogP contribution in [0.1, 0.15) is 72.5 Å². The molecule has 0 saturated carbocycles. The molecule has 0 radical (unpaired) electrons. The van der Waals surface area contributed by atoms with Crippen molar-refractivity contribution < 1.29 is 69.3 Å². The minimum Gasteiger partial charge on any atom is -0.478 e. The van der Waals surface area contributed by atoms with Crippen LogP contribution in [0.2, 0.25) is 0 Å². The van der Waals surface area contributed by atoms with Crippen molar-refractivity contribution in [3.05, 3.63) is 264 Å². The van der Waals surface area contributed by atoms with Crippen LogP contribution in [0.5, 0.6) is 0 Å². The molecule has 0 aliphatic rings. The average Bonchev–Trinajstić information content (AvgIpc) is 0.962. The van der Waals surface area contributed by atoms with Gasteiger partial charge >= 0.3 is 41.8 Å². The Morgan fingerprint density at radius 2 is 0.366 bits per heavy atom. The number of pyridine rings is 12. The quantitative estimate of drug-likeness (QED) is 0.0501. The van der Waals surface area contributed by atoms with E-state index in [0.717, 1.165) is 11.4 Å². The highest BCUT2D eigenvalue weighted by Crippen LogP contribution is 2.28. The van der Waals surface area contributed by atoms with Gasteiger partial charge in [0.2, 0.25) is 0 Å². The Hall–Kier alpha value is -13.9. The molecule has 93 heavy (non-hydrogen) atoms. The summed E-state index contributed by atoms with van der Waals surface area (Å²) in [7, 11) is 0. The van der Waals surface area contributed by atoms with Crippen LogP contribution in [0, 0.1) is 0 Å². The molecular weight excluding hydrogens is 1200 g/mol. The summed E-state index contributed by atoms with van der Waals surface area (Å²) in [6.45, 7) is 0. The Balaban J connectivity index is 0.000000147. The van der Waals surface area contributed by atoms with Gasteiger partial charge in [-0.15, -0.1) is 0 Å². The molecule has 0 fully saturated rings. The third kappa shape index (κ3) is 16.8. The Morgan fingerprint density at radius 1 is 0.183 bits per heavy atom. The van der Waals surface area contributed by atoms with E-state index in [-0.39, 0.29) is 73.1 Å². The van der Waals surface area contributed by atoms with E-state index < -0.39 is 41.8 Å². The predicted octanol–water partition coefficient (Wildman–Crippen LogP) is 10.7. The number of nitrogens with zero attached hydrogens (tertiary/aromatic N) is 12. The lowest BCUT2D eigenvalue weighted by Gasteiger charge is -2.08. The van der Waals surface area contributed by atoms with E-state index >= 15 is 0 Å². The molecule has 7 N–H and O–H groups in total. The number of carboxylic acid groups (broad SMARTS) is 7. The molecule has 26 heteroatoms. The number of carboxylic acids is 7. The Morgan fingerprint density at radius 3 is 0.602 bits per heavy atom. The molecule has 0 aromatic carbocycles. The van der Waals surface area contributed by atoms with Gasteiger partial charge in [0.05, 0.1) is 130 Å². The van der Waals surface area contributed by atoms with Crippen molar-refractivity contribution >= 4 is 41.8 Å². The third-order valence-electron chi connectivity index (χ3n) is 12.8. The third-order valence-corrected chi connectivity index (χ3v) is 12.8. The van der Waals surface area contributed by atoms with Crippen molar-refractivity contribution in [2.45, 2.75) is 0 Å². The van der Waals surface area contributed by atoms with Crippen molar-refractivity contribution in [2.75, 3.05) is 0 Å². The largest absolute Gasteiger partial charge is 0.478 e. The van der Waals surface area contributed by atoms with Gasteiger partial charge in [-0.05, 0) is 146 Å². The van der Waals surface area contributed by atoms with Crippen LogP contribution < -0.4 is 0 Å². The fourth-order valence-corrected chi connectivity index (χ4v) is 8.34. The van der Waals surface area contributed by atoms with Crippen LogP contribution in [0.15, 0.2) is 225 Å². The maximum absolute atomic E-state index is 11.5. The van der Waals surface area contributed by atoms with E-state index in [4.69, 9.17) is 20.4 Å². The summed E-state index contributed by atoms with van der Waals surface area (Å²) in [6, 6.07) is 46.2. The fourth-order valence-electron chi connectivity index (χ4n) is 8.34. The number of rotatable bonds is 15. The smallest absolute Gasteiger partial charge is 0.335 e. The molecule has 12 rings (SSSR count). The Kier molecular flexibility index (Phi) is 20.3. The normalized spacial score (nSPS) is 10.3. The van der Waals surface area contributed by atoms with Gasteiger partial charge < -0.3 is 35.7 Å². The maximum atomic E-state index is 11.5. The lowest BCUT2D eigenvalue weighted by molar-refractivity contribution is 0.0685. The monoisotopic (exact) mass is 1240 g/mol. The van der Waals surface area contributed by atoms with Crippen molar-refractivity contribution in [3.63, 3.8) is 0 Å². The zero-order valence-corrected chi connectivity index (χ0v) is 47.7. The Labute approximate surface area is 524 Å². The number of hydrogen-bond acceptors (Lipinski definition) is 19. The van der Waals surface area contributed by atoms with E-state index in [2.05, 4.69) is 59.8 Å². The second-order valence-corrected chi connectivity index (χ2v) is 19.0. The van der Waals surface area contributed by atoms with Crippen LogP contribution in [0.3, 0.4) is 0 Å². The molecule has 0 aliphatic carbocycles. The zero-order valence-electron chi connectivity index (χ0n) is 47.7. The lowest BCUT2D eigenvalue weighted by Crippen LogP contribution is -2.03. The molecule has 0 saturated heterocycles. The van der Waals surface area contributed by atoms with E-state index in [1.165, 1.54) is 110 Å². The summed E-state index contributed by atoms with van der Waals surface area (Å²) in [5.74, 6) is -7.77. The highest BCUT2D eigenvalue weighted by molar-refractivity contribution is 5.94. The summed E-state index contributed by atoms with van der Waals surface area (Å²) in [5, 5.41) is 64.2. The van der Waals surface area contributed by atoms with Gasteiger partial charge in [-0.2, -0.15) is 0 Å². The second-order valence-electron chi connectivity index (χ2n) is 19.0. The first kappa shape index (κ1) is 63.6. The number of hydrogen-bond donors (Lipinski definition) is 7. The van der Waals surface area contributed by atoms with Crippen molar-refractivity contribution in [1.82, 2.24) is 59.8 Å². The molecule has 456 valence electrons. The lowest BCUT2D eigenvalue weighted by atomic mass is 10.1. The van der Waals surface area contributed by atoms with Crippen LogP contribution in [-0.4, -0.2) is 137 Å². The van der Waals surface area contributed by atoms with Crippen LogP contribution in [0.25, 0.3) is 91.1 Å². The molecule has 0 spiro atoms. The maximum Gasteiger partial charge on any atom is 0.335 e. The number of aromatic carboxylic acids is 7. The molecule has 12 heterocycles. The molecule has 0 unspecified atom stereocenters. The SMILES string of the molecule is O=C(O)c1cc(-c2ccccn2)nc(-c2ccccn2)c1.O=C(O)c1ccnc(-c2cc(C(=O)O)cc(-c3cc(C(=O)O)ccn3)n2)c1.O=C(O)c1ccnc(-c2cc(C(=O)O)cc(-c3ccccn3)n2)c1.O=C(O)c1ccnc(-c2cccc(-c3ccccn3)n2)c1. The highest BCUT2D eigenvalue weighted by Gasteiger charge is 2.19. The first-order valence-electron chi connectivity index (χ1n) is 27.0. The summed E-state index contributed by atoms with van der Waals surface area (Å²) in [5.41, 5.74) is 7.07. The molecule has 26 nitrogen and oxygen atoms in total.